The molecule has 0 radical (unpaired) electrons. The van der Waals surface area contributed by atoms with Gasteiger partial charge in [-0.05, 0) is 57.3 Å². The second-order valence-corrected chi connectivity index (χ2v) is 8.49. The van der Waals surface area contributed by atoms with Crippen molar-refractivity contribution < 1.29 is 8.42 Å². The molecule has 1 aromatic heterocycles. The number of nitrogens with one attached hydrogen (secondary N) is 2. The predicted molar refractivity (Wildman–Crippen MR) is 83.8 cm³/mol. The molecule has 0 aromatic carbocycles. The molecular formula is C14H24N2O2S2. The zero-order chi connectivity index (χ0) is 14.6. The third kappa shape index (κ3) is 3.61. The molecule has 114 valence electrons. The van der Waals surface area contributed by atoms with E-state index in [1.54, 1.807) is 6.07 Å². The van der Waals surface area contributed by atoms with Gasteiger partial charge in [-0.25, -0.2) is 13.1 Å². The van der Waals surface area contributed by atoms with Crippen molar-refractivity contribution >= 4 is 21.4 Å². The molecule has 2 rings (SSSR count). The van der Waals surface area contributed by atoms with Crippen LogP contribution in [0.25, 0.3) is 0 Å². The van der Waals surface area contributed by atoms with Gasteiger partial charge >= 0.3 is 0 Å². The molecular weight excluding hydrogens is 292 g/mol. The van der Waals surface area contributed by atoms with Crippen LogP contribution in [0.4, 0.5) is 0 Å². The summed E-state index contributed by atoms with van der Waals surface area (Å²) in [6.07, 6.45) is 4.79. The zero-order valence-corrected chi connectivity index (χ0v) is 13.9. The molecule has 1 aromatic rings. The summed E-state index contributed by atoms with van der Waals surface area (Å²) in [7, 11) is -3.35. The average Bonchev–Trinajstić information content (AvgIpc) is 2.84. The van der Waals surface area contributed by atoms with Gasteiger partial charge in [-0.15, -0.1) is 11.3 Å². The second-order valence-electron chi connectivity index (χ2n) is 5.42. The normalized spacial score (nSPS) is 17.9. The molecule has 1 saturated carbocycles. The van der Waals surface area contributed by atoms with E-state index in [0.717, 1.165) is 50.1 Å². The van der Waals surface area contributed by atoms with Crippen LogP contribution < -0.4 is 10.0 Å². The van der Waals surface area contributed by atoms with Gasteiger partial charge in [0.15, 0.2) is 0 Å². The molecule has 1 aliphatic carbocycles. The quantitative estimate of drug-likeness (QED) is 0.725. The average molecular weight is 316 g/mol. The van der Waals surface area contributed by atoms with Crippen LogP contribution in [0.5, 0.6) is 0 Å². The van der Waals surface area contributed by atoms with E-state index in [0.29, 0.717) is 4.21 Å². The lowest BCUT2D eigenvalue weighted by Crippen LogP contribution is -2.52. The Morgan fingerprint density at radius 1 is 1.30 bits per heavy atom. The largest absolute Gasteiger partial charge is 0.317 e. The molecule has 0 aliphatic heterocycles. The van der Waals surface area contributed by atoms with Crippen LogP contribution in [0.3, 0.4) is 0 Å². The minimum absolute atomic E-state index is 0.188. The van der Waals surface area contributed by atoms with E-state index < -0.39 is 10.0 Å². The van der Waals surface area contributed by atoms with Gasteiger partial charge in [-0.3, -0.25) is 0 Å². The number of thiophene rings is 1. The first-order chi connectivity index (χ1) is 9.51. The van der Waals surface area contributed by atoms with Crippen LogP contribution in [0.15, 0.2) is 16.3 Å². The summed E-state index contributed by atoms with van der Waals surface area (Å²) in [4.78, 5) is 1.12. The second kappa shape index (κ2) is 6.56. The summed E-state index contributed by atoms with van der Waals surface area (Å²) in [6.45, 7) is 5.95. The Morgan fingerprint density at radius 2 is 2.05 bits per heavy atom. The van der Waals surface area contributed by atoms with Crippen LogP contribution in [0.2, 0.25) is 0 Å². The third-order valence-corrected chi connectivity index (χ3v) is 7.25. The standard InChI is InChI=1S/C14H24N2O2S2/c1-3-14(9-5-10-14)16-20(17,18)13-7-6-12(19-13)8-11-15-4-2/h6-7,15-16H,3-5,8-11H2,1-2H3. The van der Waals surface area contributed by atoms with E-state index in [9.17, 15) is 8.42 Å². The highest BCUT2D eigenvalue weighted by Gasteiger charge is 2.39. The topological polar surface area (TPSA) is 58.2 Å². The van der Waals surface area contributed by atoms with Gasteiger partial charge in [-0.2, -0.15) is 0 Å². The third-order valence-electron chi connectivity index (χ3n) is 4.04. The Hall–Kier alpha value is -0.430. The molecule has 20 heavy (non-hydrogen) atoms. The van der Waals surface area contributed by atoms with E-state index in [2.05, 4.69) is 23.9 Å². The summed E-state index contributed by atoms with van der Waals surface area (Å²) in [6, 6.07) is 3.66. The van der Waals surface area contributed by atoms with Crippen molar-refractivity contribution in [2.45, 2.75) is 55.7 Å². The van der Waals surface area contributed by atoms with E-state index >= 15 is 0 Å². The fourth-order valence-electron chi connectivity index (χ4n) is 2.49. The van der Waals surface area contributed by atoms with Crippen LogP contribution in [0, 0.1) is 0 Å². The van der Waals surface area contributed by atoms with Gasteiger partial charge in [-0.1, -0.05) is 13.8 Å². The lowest BCUT2D eigenvalue weighted by atomic mass is 9.76. The molecule has 6 heteroatoms. The summed E-state index contributed by atoms with van der Waals surface area (Å²) >= 11 is 1.39. The van der Waals surface area contributed by atoms with E-state index in [1.165, 1.54) is 11.3 Å². The summed E-state index contributed by atoms with van der Waals surface area (Å²) in [5.41, 5.74) is -0.188. The first-order valence-corrected chi connectivity index (χ1v) is 9.65. The number of hydrogen-bond acceptors (Lipinski definition) is 4. The van der Waals surface area contributed by atoms with Gasteiger partial charge in [0.25, 0.3) is 10.0 Å². The Balaban J connectivity index is 2.02. The lowest BCUT2D eigenvalue weighted by Gasteiger charge is -2.41. The molecule has 1 heterocycles. The highest BCUT2D eigenvalue weighted by atomic mass is 32.2. The Labute approximate surface area is 126 Å². The van der Waals surface area contributed by atoms with E-state index in [1.807, 2.05) is 6.07 Å². The van der Waals surface area contributed by atoms with Crippen LogP contribution >= 0.6 is 11.3 Å². The van der Waals surface area contributed by atoms with Gasteiger partial charge in [0.2, 0.25) is 0 Å². The fourth-order valence-corrected chi connectivity index (χ4v) is 5.38. The maximum absolute atomic E-state index is 12.4. The van der Waals surface area contributed by atoms with Crippen molar-refractivity contribution in [1.29, 1.82) is 0 Å². The number of sulfonamides is 1. The number of hydrogen-bond donors (Lipinski definition) is 2. The number of rotatable bonds is 8. The molecule has 0 amide bonds. The monoisotopic (exact) mass is 316 g/mol. The van der Waals surface area contributed by atoms with Crippen molar-refractivity contribution in [2.24, 2.45) is 0 Å². The minimum atomic E-state index is -3.35. The van der Waals surface area contributed by atoms with Crippen molar-refractivity contribution in [3.63, 3.8) is 0 Å². The molecule has 4 nitrogen and oxygen atoms in total. The minimum Gasteiger partial charge on any atom is -0.317 e. The highest BCUT2D eigenvalue weighted by molar-refractivity contribution is 7.91. The van der Waals surface area contributed by atoms with Gasteiger partial charge in [0, 0.05) is 10.4 Å². The molecule has 0 spiro atoms. The van der Waals surface area contributed by atoms with Crippen LogP contribution in [-0.2, 0) is 16.4 Å². The highest BCUT2D eigenvalue weighted by Crippen LogP contribution is 2.36. The van der Waals surface area contributed by atoms with Crippen molar-refractivity contribution in [2.75, 3.05) is 13.1 Å². The van der Waals surface area contributed by atoms with Crippen LogP contribution in [0.1, 0.15) is 44.4 Å². The van der Waals surface area contributed by atoms with Crippen molar-refractivity contribution in [3.05, 3.63) is 17.0 Å². The molecule has 1 aliphatic rings. The SMILES string of the molecule is CCNCCc1ccc(S(=O)(=O)NC2(CC)CCC2)s1. The first-order valence-electron chi connectivity index (χ1n) is 7.35. The maximum atomic E-state index is 12.4. The molecule has 0 atom stereocenters. The molecule has 2 N–H and O–H groups in total. The summed E-state index contributed by atoms with van der Waals surface area (Å²) < 4.78 is 28.2. The smallest absolute Gasteiger partial charge is 0.250 e. The predicted octanol–water partition coefficient (Wildman–Crippen LogP) is 2.51. The fraction of sp³-hybridized carbons (Fsp3) is 0.714. The Kier molecular flexibility index (Phi) is 5.23. The van der Waals surface area contributed by atoms with Gasteiger partial charge < -0.3 is 5.32 Å². The van der Waals surface area contributed by atoms with Gasteiger partial charge in [0.1, 0.15) is 4.21 Å². The van der Waals surface area contributed by atoms with E-state index in [4.69, 9.17) is 0 Å². The lowest BCUT2D eigenvalue weighted by molar-refractivity contribution is 0.214. The van der Waals surface area contributed by atoms with Gasteiger partial charge in [0.05, 0.1) is 0 Å². The number of likely N-dealkylation sites (N-methyl/N-ethyl adjacent to an activating group) is 1. The van der Waals surface area contributed by atoms with Crippen molar-refractivity contribution in [1.82, 2.24) is 10.0 Å². The summed E-state index contributed by atoms with van der Waals surface area (Å²) in [5.74, 6) is 0. The Morgan fingerprint density at radius 3 is 2.60 bits per heavy atom. The maximum Gasteiger partial charge on any atom is 0.250 e. The van der Waals surface area contributed by atoms with Crippen molar-refractivity contribution in [3.8, 4) is 0 Å². The van der Waals surface area contributed by atoms with Crippen LogP contribution in [-0.4, -0.2) is 27.0 Å². The Bertz CT molecular complexity index is 528. The molecule has 1 fully saturated rings. The molecule has 0 unspecified atom stereocenters. The summed E-state index contributed by atoms with van der Waals surface area (Å²) in [5, 5.41) is 3.25. The molecule has 0 saturated heterocycles. The first kappa shape index (κ1) is 15.9. The van der Waals surface area contributed by atoms with E-state index in [-0.39, 0.29) is 5.54 Å². The zero-order valence-electron chi connectivity index (χ0n) is 12.2. The molecule has 0 bridgehead atoms.